The van der Waals surface area contributed by atoms with Crippen molar-refractivity contribution in [3.05, 3.63) is 60.3 Å². The number of fused-ring (bicyclic) bond motifs is 1. The predicted octanol–water partition coefficient (Wildman–Crippen LogP) is 2.76. The summed E-state index contributed by atoms with van der Waals surface area (Å²) in [5.74, 6) is 0.687. The molecule has 1 N–H and O–H groups in total. The predicted molar refractivity (Wildman–Crippen MR) is 115 cm³/mol. The minimum atomic E-state index is -3.56. The Morgan fingerprint density at radius 1 is 1.03 bits per heavy atom. The topological polar surface area (TPSA) is 82.7 Å². The van der Waals surface area contributed by atoms with Crippen LogP contribution in [0.4, 0.5) is 0 Å². The van der Waals surface area contributed by atoms with E-state index in [2.05, 4.69) is 4.98 Å². The minimum absolute atomic E-state index is 0.0373. The molecule has 8 heteroatoms. The van der Waals surface area contributed by atoms with Crippen molar-refractivity contribution in [2.45, 2.75) is 11.8 Å². The largest absolute Gasteiger partial charge is 0.494 e. The van der Waals surface area contributed by atoms with Crippen LogP contribution in [0.1, 0.15) is 17.3 Å². The molecule has 1 saturated heterocycles. The molecule has 1 fully saturated rings. The number of ketones is 1. The van der Waals surface area contributed by atoms with E-state index >= 15 is 0 Å². The van der Waals surface area contributed by atoms with Crippen molar-refractivity contribution in [1.29, 1.82) is 0 Å². The quantitative estimate of drug-likeness (QED) is 0.587. The Hall–Kier alpha value is -2.68. The van der Waals surface area contributed by atoms with Crippen LogP contribution in [-0.2, 0) is 10.0 Å². The molecule has 1 aliphatic rings. The van der Waals surface area contributed by atoms with Gasteiger partial charge in [-0.2, -0.15) is 4.31 Å². The molecule has 0 aliphatic carbocycles. The van der Waals surface area contributed by atoms with Crippen LogP contribution < -0.4 is 4.74 Å². The van der Waals surface area contributed by atoms with Gasteiger partial charge in [0.1, 0.15) is 5.75 Å². The van der Waals surface area contributed by atoms with Gasteiger partial charge in [0.25, 0.3) is 0 Å². The van der Waals surface area contributed by atoms with Crippen molar-refractivity contribution in [3.8, 4) is 5.75 Å². The number of carbonyl (C=O) groups is 1. The summed E-state index contributed by atoms with van der Waals surface area (Å²) in [6, 6.07) is 14.2. The number of nitrogens with one attached hydrogen (secondary N) is 1. The molecule has 3 aromatic rings. The molecule has 1 aliphatic heterocycles. The molecule has 4 rings (SSSR count). The number of nitrogens with zero attached hydrogens (tertiary/aromatic N) is 2. The standard InChI is InChI=1S/C22H25N3O4S/c1-2-29-17-7-9-18(10-8-17)30(27,28)25-13-11-24(12-14-25)16-22(26)20-15-23-21-6-4-3-5-19(20)21/h3-10,15,23H,2,11-14,16H2,1H3. The molecule has 2 heterocycles. The lowest BCUT2D eigenvalue weighted by Gasteiger charge is -2.33. The van der Waals surface area contributed by atoms with Gasteiger partial charge in [0.05, 0.1) is 18.0 Å². The second-order valence-electron chi connectivity index (χ2n) is 7.26. The number of carbonyl (C=O) groups excluding carboxylic acids is 1. The van der Waals surface area contributed by atoms with Crippen LogP contribution in [-0.4, -0.2) is 67.7 Å². The molecule has 0 atom stereocenters. The molecular formula is C22H25N3O4S. The van der Waals surface area contributed by atoms with E-state index in [9.17, 15) is 13.2 Å². The molecule has 2 aromatic carbocycles. The molecule has 1 aromatic heterocycles. The van der Waals surface area contributed by atoms with Gasteiger partial charge in [-0.25, -0.2) is 8.42 Å². The molecule has 0 bridgehead atoms. The van der Waals surface area contributed by atoms with Crippen molar-refractivity contribution in [3.63, 3.8) is 0 Å². The van der Waals surface area contributed by atoms with Gasteiger partial charge in [0, 0.05) is 48.8 Å². The molecule has 30 heavy (non-hydrogen) atoms. The maximum atomic E-state index is 12.9. The molecule has 0 amide bonds. The lowest BCUT2D eigenvalue weighted by molar-refractivity contribution is 0.0903. The van der Waals surface area contributed by atoms with E-state index in [4.69, 9.17) is 4.74 Å². The highest BCUT2D eigenvalue weighted by Crippen LogP contribution is 2.22. The number of hydrogen-bond donors (Lipinski definition) is 1. The summed E-state index contributed by atoms with van der Waals surface area (Å²) in [6.45, 7) is 4.44. The zero-order chi connectivity index (χ0) is 21.1. The normalized spacial score (nSPS) is 16.0. The maximum Gasteiger partial charge on any atom is 0.243 e. The van der Waals surface area contributed by atoms with Crippen LogP contribution in [0.3, 0.4) is 0 Å². The van der Waals surface area contributed by atoms with Crippen molar-refractivity contribution in [1.82, 2.24) is 14.2 Å². The fourth-order valence-corrected chi connectivity index (χ4v) is 5.16. The third-order valence-corrected chi connectivity index (χ3v) is 7.27. The van der Waals surface area contributed by atoms with Crippen LogP contribution >= 0.6 is 0 Å². The second-order valence-corrected chi connectivity index (χ2v) is 9.19. The number of para-hydroxylation sites is 1. The van der Waals surface area contributed by atoms with Gasteiger partial charge >= 0.3 is 0 Å². The molecule has 0 unspecified atom stereocenters. The average Bonchev–Trinajstić information content (AvgIpc) is 3.19. The van der Waals surface area contributed by atoms with Crippen LogP contribution in [0.5, 0.6) is 5.75 Å². The maximum absolute atomic E-state index is 12.9. The lowest BCUT2D eigenvalue weighted by atomic mass is 10.1. The zero-order valence-corrected chi connectivity index (χ0v) is 17.7. The number of benzene rings is 2. The number of sulfonamides is 1. The first-order valence-electron chi connectivity index (χ1n) is 10.0. The number of rotatable bonds is 7. The first-order chi connectivity index (χ1) is 14.5. The number of aromatic amines is 1. The minimum Gasteiger partial charge on any atom is -0.494 e. The lowest BCUT2D eigenvalue weighted by Crippen LogP contribution is -2.49. The molecule has 158 valence electrons. The summed E-state index contributed by atoms with van der Waals surface area (Å²) in [4.78, 5) is 18.2. The Balaban J connectivity index is 1.38. The molecule has 7 nitrogen and oxygen atoms in total. The van der Waals surface area contributed by atoms with E-state index in [0.717, 1.165) is 10.9 Å². The third-order valence-electron chi connectivity index (χ3n) is 5.36. The van der Waals surface area contributed by atoms with Gasteiger partial charge in [-0.15, -0.1) is 0 Å². The van der Waals surface area contributed by atoms with Crippen LogP contribution in [0, 0.1) is 0 Å². The highest BCUT2D eigenvalue weighted by atomic mass is 32.2. The molecule has 0 radical (unpaired) electrons. The van der Waals surface area contributed by atoms with Crippen LogP contribution in [0.15, 0.2) is 59.6 Å². The summed E-state index contributed by atoms with van der Waals surface area (Å²) in [6.07, 6.45) is 1.75. The fraction of sp³-hybridized carbons (Fsp3) is 0.318. The number of ether oxygens (including phenoxy) is 1. The van der Waals surface area contributed by atoms with E-state index in [1.54, 1.807) is 30.5 Å². The van der Waals surface area contributed by atoms with E-state index in [-0.39, 0.29) is 17.2 Å². The van der Waals surface area contributed by atoms with Gasteiger partial charge in [-0.1, -0.05) is 18.2 Å². The van der Waals surface area contributed by atoms with E-state index in [0.29, 0.717) is 44.1 Å². The number of aromatic nitrogens is 1. The average molecular weight is 428 g/mol. The summed E-state index contributed by atoms with van der Waals surface area (Å²) in [5.41, 5.74) is 1.61. The van der Waals surface area contributed by atoms with Gasteiger partial charge in [0.2, 0.25) is 10.0 Å². The summed E-state index contributed by atoms with van der Waals surface area (Å²) in [7, 11) is -3.56. The molecule has 0 saturated carbocycles. The summed E-state index contributed by atoms with van der Waals surface area (Å²) >= 11 is 0. The van der Waals surface area contributed by atoms with Crippen molar-refractivity contribution in [2.75, 3.05) is 39.3 Å². The monoisotopic (exact) mass is 427 g/mol. The number of piperazine rings is 1. The van der Waals surface area contributed by atoms with Gasteiger partial charge in [-0.3, -0.25) is 9.69 Å². The first kappa shape index (κ1) is 20.6. The number of hydrogen-bond acceptors (Lipinski definition) is 5. The molecular weight excluding hydrogens is 402 g/mol. The zero-order valence-electron chi connectivity index (χ0n) is 16.9. The highest BCUT2D eigenvalue weighted by Gasteiger charge is 2.29. The Morgan fingerprint density at radius 2 is 1.73 bits per heavy atom. The van der Waals surface area contributed by atoms with Crippen LogP contribution in [0.25, 0.3) is 10.9 Å². The molecule has 0 spiro atoms. The summed E-state index contributed by atoms with van der Waals surface area (Å²) in [5, 5.41) is 0.916. The Bertz CT molecular complexity index is 1130. The Labute approximate surface area is 176 Å². The SMILES string of the molecule is CCOc1ccc(S(=O)(=O)N2CCN(CC(=O)c3c[nH]c4ccccc34)CC2)cc1. The van der Waals surface area contributed by atoms with Crippen molar-refractivity contribution < 1.29 is 17.9 Å². The summed E-state index contributed by atoms with van der Waals surface area (Å²) < 4.78 is 32.7. The second kappa shape index (κ2) is 8.59. The highest BCUT2D eigenvalue weighted by molar-refractivity contribution is 7.89. The smallest absolute Gasteiger partial charge is 0.243 e. The van der Waals surface area contributed by atoms with Gasteiger partial charge in [0.15, 0.2) is 5.78 Å². The van der Waals surface area contributed by atoms with Crippen LogP contribution in [0.2, 0.25) is 0 Å². The van der Waals surface area contributed by atoms with E-state index in [1.807, 2.05) is 36.1 Å². The van der Waals surface area contributed by atoms with Crippen molar-refractivity contribution in [2.24, 2.45) is 0 Å². The van der Waals surface area contributed by atoms with Crippen molar-refractivity contribution >= 4 is 26.7 Å². The first-order valence-corrected chi connectivity index (χ1v) is 11.5. The van der Waals surface area contributed by atoms with E-state index < -0.39 is 10.0 Å². The van der Waals surface area contributed by atoms with E-state index in [1.165, 1.54) is 4.31 Å². The Kier molecular flexibility index (Phi) is 5.90. The fourth-order valence-electron chi connectivity index (χ4n) is 3.74. The third kappa shape index (κ3) is 4.12. The number of Topliss-reactive ketones (excluding diaryl/α,β-unsaturated/α-hetero) is 1. The Morgan fingerprint density at radius 3 is 2.43 bits per heavy atom. The van der Waals surface area contributed by atoms with Gasteiger partial charge in [-0.05, 0) is 37.3 Å². The number of H-pyrrole nitrogens is 1. The van der Waals surface area contributed by atoms with Gasteiger partial charge < -0.3 is 9.72 Å².